The number of aryl methyl sites for hydroxylation is 1. The molecule has 2 aromatic rings. The van der Waals surface area contributed by atoms with Crippen LogP contribution < -0.4 is 10.5 Å². The number of nitrogens with two attached hydrogens (primary N) is 1. The largest absolute Gasteiger partial charge is 0.507 e. The van der Waals surface area contributed by atoms with Gasteiger partial charge in [-0.3, -0.25) is 0 Å². The molecule has 0 unspecified atom stereocenters. The first kappa shape index (κ1) is 20.2. The summed E-state index contributed by atoms with van der Waals surface area (Å²) in [5.74, 6) is 0.573. The van der Waals surface area contributed by atoms with Gasteiger partial charge in [0.15, 0.2) is 0 Å². The van der Waals surface area contributed by atoms with Crippen LogP contribution in [-0.4, -0.2) is 18.3 Å². The number of unbranched alkanes of at least 4 members (excludes halogenated alkanes) is 1. The molecule has 3 N–H and O–H groups in total. The molecule has 2 rings (SSSR count). The van der Waals surface area contributed by atoms with Crippen LogP contribution in [-0.2, 0) is 6.42 Å². The minimum atomic E-state index is -0.290. The van der Waals surface area contributed by atoms with E-state index in [1.54, 1.807) is 18.2 Å². The fraction of sp³-hybridized carbons (Fsp3) is 0.455. The van der Waals surface area contributed by atoms with E-state index < -0.39 is 0 Å². The van der Waals surface area contributed by atoms with Crippen molar-refractivity contribution in [1.82, 2.24) is 0 Å². The number of ether oxygens (including phenoxy) is 1. The van der Waals surface area contributed by atoms with Crippen LogP contribution in [0, 0.1) is 11.2 Å². The highest BCUT2D eigenvalue weighted by Gasteiger charge is 2.15. The fourth-order valence-electron chi connectivity index (χ4n) is 2.88. The van der Waals surface area contributed by atoms with Crippen LogP contribution in [0.4, 0.5) is 4.39 Å². The molecule has 0 saturated carbocycles. The first-order valence-corrected chi connectivity index (χ1v) is 9.31. The van der Waals surface area contributed by atoms with Crippen molar-refractivity contribution in [2.75, 3.05) is 13.2 Å². The smallest absolute Gasteiger partial charge is 0.127 e. The highest BCUT2D eigenvalue weighted by Crippen LogP contribution is 2.36. The van der Waals surface area contributed by atoms with Gasteiger partial charge in [-0.1, -0.05) is 32.9 Å². The first-order chi connectivity index (χ1) is 12.4. The number of phenols is 1. The molecule has 0 heterocycles. The molecule has 2 aromatic carbocycles. The lowest BCUT2D eigenvalue weighted by molar-refractivity contribution is 0.276. The summed E-state index contributed by atoms with van der Waals surface area (Å²) < 4.78 is 19.0. The Bertz CT molecular complexity index is 711. The third kappa shape index (κ3) is 5.46. The van der Waals surface area contributed by atoms with E-state index in [9.17, 15) is 9.50 Å². The van der Waals surface area contributed by atoms with E-state index in [1.165, 1.54) is 12.1 Å². The SMILES string of the molecule is CCc1cc(-c2ccc(F)cc2)c(O)cc1OCCCCC(C)(C)CN. The van der Waals surface area contributed by atoms with E-state index in [0.29, 0.717) is 24.5 Å². The number of hydrogen-bond acceptors (Lipinski definition) is 3. The molecule has 26 heavy (non-hydrogen) atoms. The lowest BCUT2D eigenvalue weighted by atomic mass is 9.87. The molecule has 0 aliphatic heterocycles. The minimum absolute atomic E-state index is 0.146. The maximum Gasteiger partial charge on any atom is 0.127 e. The Kier molecular flexibility index (Phi) is 7.04. The van der Waals surface area contributed by atoms with Crippen molar-refractivity contribution >= 4 is 0 Å². The Morgan fingerprint density at radius 3 is 2.42 bits per heavy atom. The summed E-state index contributed by atoms with van der Waals surface area (Å²) in [7, 11) is 0. The summed E-state index contributed by atoms with van der Waals surface area (Å²) in [5, 5.41) is 10.4. The molecular weight excluding hydrogens is 329 g/mol. The van der Waals surface area contributed by atoms with Crippen molar-refractivity contribution in [3.05, 3.63) is 47.8 Å². The molecule has 0 saturated heterocycles. The van der Waals surface area contributed by atoms with Gasteiger partial charge in [-0.2, -0.15) is 0 Å². The summed E-state index contributed by atoms with van der Waals surface area (Å²) in [6.45, 7) is 7.71. The number of aromatic hydroxyl groups is 1. The third-order valence-corrected chi connectivity index (χ3v) is 4.77. The van der Waals surface area contributed by atoms with E-state index in [-0.39, 0.29) is 17.0 Å². The monoisotopic (exact) mass is 359 g/mol. The van der Waals surface area contributed by atoms with Crippen LogP contribution in [0.25, 0.3) is 11.1 Å². The summed E-state index contributed by atoms with van der Waals surface area (Å²) in [4.78, 5) is 0. The lowest BCUT2D eigenvalue weighted by Gasteiger charge is -2.22. The fourth-order valence-corrected chi connectivity index (χ4v) is 2.88. The van der Waals surface area contributed by atoms with Gasteiger partial charge in [-0.05, 0) is 67.0 Å². The maximum atomic E-state index is 13.1. The maximum absolute atomic E-state index is 13.1. The van der Waals surface area contributed by atoms with Crippen molar-refractivity contribution in [1.29, 1.82) is 0 Å². The van der Waals surface area contributed by atoms with E-state index >= 15 is 0 Å². The van der Waals surface area contributed by atoms with Gasteiger partial charge in [0.1, 0.15) is 17.3 Å². The Hall–Kier alpha value is -2.07. The van der Waals surface area contributed by atoms with Gasteiger partial charge < -0.3 is 15.6 Å². The van der Waals surface area contributed by atoms with Gasteiger partial charge in [-0.15, -0.1) is 0 Å². The van der Waals surface area contributed by atoms with Gasteiger partial charge in [-0.25, -0.2) is 4.39 Å². The normalized spacial score (nSPS) is 11.6. The van der Waals surface area contributed by atoms with E-state index in [0.717, 1.165) is 36.8 Å². The molecule has 4 heteroatoms. The van der Waals surface area contributed by atoms with Gasteiger partial charge >= 0.3 is 0 Å². The first-order valence-electron chi connectivity index (χ1n) is 9.31. The molecule has 0 spiro atoms. The molecule has 0 aromatic heterocycles. The average molecular weight is 359 g/mol. The second kappa shape index (κ2) is 9.04. The summed E-state index contributed by atoms with van der Waals surface area (Å²) in [6.07, 6.45) is 3.88. The highest BCUT2D eigenvalue weighted by atomic mass is 19.1. The summed E-state index contributed by atoms with van der Waals surface area (Å²) in [5.41, 5.74) is 8.44. The zero-order valence-corrected chi connectivity index (χ0v) is 16.0. The second-order valence-electron chi connectivity index (χ2n) is 7.51. The van der Waals surface area contributed by atoms with E-state index in [2.05, 4.69) is 20.8 Å². The molecule has 0 aliphatic rings. The van der Waals surface area contributed by atoms with Gasteiger partial charge in [0, 0.05) is 11.6 Å². The standard InChI is InChI=1S/C22H30FNO2/c1-4-16-13-19(17-7-9-18(23)10-8-17)20(25)14-21(16)26-12-6-5-11-22(2,3)15-24/h7-10,13-14,25H,4-6,11-12,15,24H2,1-3H3. The van der Waals surface area contributed by atoms with Crippen LogP contribution in [0.5, 0.6) is 11.5 Å². The second-order valence-corrected chi connectivity index (χ2v) is 7.51. The van der Waals surface area contributed by atoms with Crippen LogP contribution in [0.1, 0.15) is 45.6 Å². The van der Waals surface area contributed by atoms with Crippen LogP contribution in [0.2, 0.25) is 0 Å². The Balaban J connectivity index is 2.03. The molecule has 142 valence electrons. The zero-order chi connectivity index (χ0) is 19.2. The lowest BCUT2D eigenvalue weighted by Crippen LogP contribution is -2.23. The van der Waals surface area contributed by atoms with E-state index in [4.69, 9.17) is 10.5 Å². The molecule has 0 bridgehead atoms. The van der Waals surface area contributed by atoms with Crippen molar-refractivity contribution in [2.45, 2.75) is 46.5 Å². The average Bonchev–Trinajstić information content (AvgIpc) is 2.62. The summed E-state index contributed by atoms with van der Waals surface area (Å²) in [6, 6.07) is 9.73. The Labute approximate surface area is 156 Å². The third-order valence-electron chi connectivity index (χ3n) is 4.77. The predicted octanol–water partition coefficient (Wildman–Crippen LogP) is 5.29. The van der Waals surface area contributed by atoms with E-state index in [1.807, 2.05) is 6.07 Å². The Morgan fingerprint density at radius 1 is 1.12 bits per heavy atom. The molecule has 0 fully saturated rings. The molecule has 0 radical (unpaired) electrons. The van der Waals surface area contributed by atoms with Crippen LogP contribution in [0.3, 0.4) is 0 Å². The van der Waals surface area contributed by atoms with Gasteiger partial charge in [0.05, 0.1) is 6.61 Å². The zero-order valence-electron chi connectivity index (χ0n) is 16.0. The summed E-state index contributed by atoms with van der Waals surface area (Å²) >= 11 is 0. The van der Waals surface area contributed by atoms with Crippen molar-refractivity contribution in [3.8, 4) is 22.6 Å². The Morgan fingerprint density at radius 2 is 1.81 bits per heavy atom. The predicted molar refractivity (Wildman–Crippen MR) is 105 cm³/mol. The van der Waals surface area contributed by atoms with Crippen molar-refractivity contribution in [3.63, 3.8) is 0 Å². The minimum Gasteiger partial charge on any atom is -0.507 e. The quantitative estimate of drug-likeness (QED) is 0.598. The number of hydrogen-bond donors (Lipinski definition) is 2. The van der Waals surface area contributed by atoms with Gasteiger partial charge in [0.2, 0.25) is 0 Å². The molecule has 0 amide bonds. The topological polar surface area (TPSA) is 55.5 Å². The molecule has 0 atom stereocenters. The van der Waals surface area contributed by atoms with Crippen molar-refractivity contribution in [2.24, 2.45) is 11.1 Å². The number of benzene rings is 2. The molecule has 0 aliphatic carbocycles. The number of phenolic OH excluding ortho intramolecular Hbond substituents is 1. The number of rotatable bonds is 9. The van der Waals surface area contributed by atoms with Crippen LogP contribution >= 0.6 is 0 Å². The molecule has 3 nitrogen and oxygen atoms in total. The van der Waals surface area contributed by atoms with Crippen LogP contribution in [0.15, 0.2) is 36.4 Å². The van der Waals surface area contributed by atoms with Gasteiger partial charge in [0.25, 0.3) is 0 Å². The molecular formula is C22H30FNO2. The highest BCUT2D eigenvalue weighted by molar-refractivity contribution is 5.72. The number of halogens is 1. The van der Waals surface area contributed by atoms with Crippen molar-refractivity contribution < 1.29 is 14.2 Å².